The maximum Gasteiger partial charge on any atom is 0.238 e. The predicted molar refractivity (Wildman–Crippen MR) is 92.9 cm³/mol. The molecular weight excluding hydrogens is 377 g/mol. The van der Waals surface area contributed by atoms with Gasteiger partial charge in [0.25, 0.3) is 0 Å². The highest BCUT2D eigenvalue weighted by Crippen LogP contribution is 2.33. The summed E-state index contributed by atoms with van der Waals surface area (Å²) in [5.41, 5.74) is 0.157. The molecule has 10 heteroatoms. The van der Waals surface area contributed by atoms with E-state index in [-0.39, 0.29) is 45.3 Å². The van der Waals surface area contributed by atoms with Crippen LogP contribution in [0.1, 0.15) is 13.8 Å². The van der Waals surface area contributed by atoms with E-state index in [1.807, 2.05) is 18.7 Å². The quantitative estimate of drug-likeness (QED) is 0.807. The molecule has 1 aliphatic heterocycles. The van der Waals surface area contributed by atoms with Gasteiger partial charge < -0.3 is 10.1 Å². The molecule has 1 amide bonds. The molecule has 1 aromatic rings. The number of morpholine rings is 1. The number of sulfonamides is 1. The summed E-state index contributed by atoms with van der Waals surface area (Å²) < 4.78 is 28.3. The van der Waals surface area contributed by atoms with Crippen molar-refractivity contribution in [3.05, 3.63) is 22.2 Å². The number of nitrogens with zero attached hydrogens (tertiary/aromatic N) is 1. The van der Waals surface area contributed by atoms with Gasteiger partial charge in [0, 0.05) is 13.1 Å². The van der Waals surface area contributed by atoms with Gasteiger partial charge in [-0.2, -0.15) is 0 Å². The predicted octanol–water partition coefficient (Wildman–Crippen LogP) is 1.69. The molecule has 0 aromatic heterocycles. The highest BCUT2D eigenvalue weighted by molar-refractivity contribution is 7.89. The van der Waals surface area contributed by atoms with Crippen LogP contribution in [0.25, 0.3) is 0 Å². The van der Waals surface area contributed by atoms with Crippen molar-refractivity contribution in [1.82, 2.24) is 4.90 Å². The van der Waals surface area contributed by atoms with E-state index in [9.17, 15) is 13.2 Å². The fraction of sp³-hybridized carbons (Fsp3) is 0.500. The first kappa shape index (κ1) is 19.4. The normalized spacial score (nSPS) is 22.4. The van der Waals surface area contributed by atoms with E-state index in [4.69, 9.17) is 33.1 Å². The molecule has 1 heterocycles. The molecule has 2 rings (SSSR count). The Morgan fingerprint density at radius 2 is 1.79 bits per heavy atom. The zero-order valence-electron chi connectivity index (χ0n) is 13.3. The van der Waals surface area contributed by atoms with E-state index in [0.717, 1.165) is 12.1 Å². The Balaban J connectivity index is 2.09. The number of carbonyl (C=O) groups excluding carboxylic acids is 1. The zero-order valence-corrected chi connectivity index (χ0v) is 15.6. The van der Waals surface area contributed by atoms with Crippen LogP contribution in [0.2, 0.25) is 10.0 Å². The number of benzene rings is 1. The first-order valence-corrected chi connectivity index (χ1v) is 9.56. The molecule has 3 N–H and O–H groups in total. The average Bonchev–Trinajstić information content (AvgIpc) is 2.40. The molecule has 1 aliphatic rings. The molecule has 0 radical (unpaired) electrons. The van der Waals surface area contributed by atoms with Crippen LogP contribution in [-0.2, 0) is 19.6 Å². The molecule has 1 fully saturated rings. The van der Waals surface area contributed by atoms with E-state index in [2.05, 4.69) is 5.32 Å². The lowest BCUT2D eigenvalue weighted by atomic mass is 10.2. The van der Waals surface area contributed by atoms with E-state index in [1.54, 1.807) is 0 Å². The number of rotatable bonds is 4. The highest BCUT2D eigenvalue weighted by Gasteiger charge is 2.24. The summed E-state index contributed by atoms with van der Waals surface area (Å²) in [5.74, 6) is -0.302. The van der Waals surface area contributed by atoms with E-state index < -0.39 is 10.0 Å². The molecule has 24 heavy (non-hydrogen) atoms. The number of ether oxygens (including phenoxy) is 1. The van der Waals surface area contributed by atoms with Crippen molar-refractivity contribution in [3.63, 3.8) is 0 Å². The van der Waals surface area contributed by atoms with Crippen molar-refractivity contribution in [2.24, 2.45) is 5.14 Å². The van der Waals surface area contributed by atoms with Gasteiger partial charge >= 0.3 is 0 Å². The average molecular weight is 396 g/mol. The number of halogens is 2. The minimum Gasteiger partial charge on any atom is -0.373 e. The van der Waals surface area contributed by atoms with E-state index in [1.165, 1.54) is 0 Å². The minimum absolute atomic E-state index is 0.00332. The molecule has 134 valence electrons. The second-order valence-corrected chi connectivity index (χ2v) is 8.18. The molecular formula is C14H19Cl2N3O4S. The van der Waals surface area contributed by atoms with Crippen LogP contribution in [0.4, 0.5) is 5.69 Å². The number of carbonyl (C=O) groups is 1. The second-order valence-electron chi connectivity index (χ2n) is 5.81. The van der Waals surface area contributed by atoms with Crippen molar-refractivity contribution in [2.75, 3.05) is 25.0 Å². The lowest BCUT2D eigenvalue weighted by Gasteiger charge is -2.34. The molecule has 7 nitrogen and oxygen atoms in total. The van der Waals surface area contributed by atoms with Crippen LogP contribution in [-0.4, -0.2) is 51.1 Å². The van der Waals surface area contributed by atoms with Gasteiger partial charge in [-0.3, -0.25) is 9.69 Å². The summed E-state index contributed by atoms with van der Waals surface area (Å²) in [6, 6.07) is 2.30. The third-order valence-electron chi connectivity index (χ3n) is 3.47. The molecule has 0 spiro atoms. The topological polar surface area (TPSA) is 102 Å². The maximum atomic E-state index is 12.2. The molecule has 1 saturated heterocycles. The fourth-order valence-electron chi connectivity index (χ4n) is 2.63. The van der Waals surface area contributed by atoms with Gasteiger partial charge in [0.1, 0.15) is 0 Å². The number of anilines is 1. The first-order chi connectivity index (χ1) is 11.1. The third-order valence-corrected chi connectivity index (χ3v) is 4.96. The van der Waals surface area contributed by atoms with Crippen molar-refractivity contribution >= 4 is 44.8 Å². The molecule has 0 aliphatic carbocycles. The Morgan fingerprint density at radius 3 is 2.25 bits per heavy atom. The van der Waals surface area contributed by atoms with Crippen molar-refractivity contribution in [2.45, 2.75) is 31.0 Å². The first-order valence-electron chi connectivity index (χ1n) is 7.25. The minimum atomic E-state index is -3.93. The van der Waals surface area contributed by atoms with Gasteiger partial charge in [-0.25, -0.2) is 13.6 Å². The number of nitrogens with two attached hydrogens (primary N) is 1. The van der Waals surface area contributed by atoms with Crippen molar-refractivity contribution < 1.29 is 17.9 Å². The molecule has 2 atom stereocenters. The van der Waals surface area contributed by atoms with E-state index in [0.29, 0.717) is 13.1 Å². The number of nitrogens with one attached hydrogen (secondary N) is 1. The van der Waals surface area contributed by atoms with Gasteiger partial charge in [0.05, 0.1) is 39.4 Å². The summed E-state index contributed by atoms with van der Waals surface area (Å²) in [7, 11) is -3.93. The van der Waals surface area contributed by atoms with Crippen molar-refractivity contribution in [3.8, 4) is 0 Å². The smallest absolute Gasteiger partial charge is 0.238 e. The summed E-state index contributed by atoms with van der Waals surface area (Å²) in [6.45, 7) is 5.33. The van der Waals surface area contributed by atoms with Crippen LogP contribution >= 0.6 is 23.2 Å². The van der Waals surface area contributed by atoms with Crippen LogP contribution in [0.5, 0.6) is 0 Å². The van der Waals surface area contributed by atoms with Gasteiger partial charge in [-0.1, -0.05) is 23.2 Å². The van der Waals surface area contributed by atoms with Crippen LogP contribution in [0.15, 0.2) is 17.0 Å². The summed E-state index contributed by atoms with van der Waals surface area (Å²) in [5, 5.41) is 7.66. The number of primary sulfonamides is 1. The largest absolute Gasteiger partial charge is 0.373 e. The third kappa shape index (κ3) is 5.05. The second kappa shape index (κ2) is 7.55. The number of amides is 1. The van der Waals surface area contributed by atoms with Crippen molar-refractivity contribution in [1.29, 1.82) is 0 Å². The summed E-state index contributed by atoms with van der Waals surface area (Å²) >= 11 is 12.0. The van der Waals surface area contributed by atoms with Gasteiger partial charge in [-0.05, 0) is 26.0 Å². The standard InChI is InChI=1S/C14H19Cl2N3O4S/c1-8-5-19(6-9(2)23-8)7-13(20)18-14-11(15)3-10(4-12(14)16)24(17,21)22/h3-4,8-9H,5-7H2,1-2H3,(H,18,20)(H2,17,21,22)/t8-,9-/m1/s1. The molecule has 0 saturated carbocycles. The number of hydrogen-bond acceptors (Lipinski definition) is 5. The van der Waals surface area contributed by atoms with Crippen LogP contribution < -0.4 is 10.5 Å². The van der Waals surface area contributed by atoms with Crippen LogP contribution in [0, 0.1) is 0 Å². The zero-order chi connectivity index (χ0) is 18.1. The lowest BCUT2D eigenvalue weighted by molar-refractivity contribution is -0.121. The van der Waals surface area contributed by atoms with Gasteiger partial charge in [0.15, 0.2) is 0 Å². The SMILES string of the molecule is C[C@@H]1CN(CC(=O)Nc2c(Cl)cc(S(N)(=O)=O)cc2Cl)C[C@@H](C)O1. The molecule has 0 bridgehead atoms. The summed E-state index contributed by atoms with van der Waals surface area (Å²) in [6.07, 6.45) is 0.0885. The Kier molecular flexibility index (Phi) is 6.11. The summed E-state index contributed by atoms with van der Waals surface area (Å²) in [4.78, 5) is 14.0. The fourth-order valence-corrected chi connectivity index (χ4v) is 3.90. The number of hydrogen-bond donors (Lipinski definition) is 2. The van der Waals surface area contributed by atoms with E-state index >= 15 is 0 Å². The Labute approximate surface area is 151 Å². The Hall–Kier alpha value is -0.900. The maximum absolute atomic E-state index is 12.2. The van der Waals surface area contributed by atoms with Gasteiger partial charge in [-0.15, -0.1) is 0 Å². The van der Waals surface area contributed by atoms with Crippen LogP contribution in [0.3, 0.4) is 0 Å². The van der Waals surface area contributed by atoms with Gasteiger partial charge in [0.2, 0.25) is 15.9 Å². The highest BCUT2D eigenvalue weighted by atomic mass is 35.5. The Bertz CT molecular complexity index is 709. The lowest BCUT2D eigenvalue weighted by Crippen LogP contribution is -2.48. The monoisotopic (exact) mass is 395 g/mol. The Morgan fingerprint density at radius 1 is 1.29 bits per heavy atom. The molecule has 1 aromatic carbocycles. The molecule has 0 unspecified atom stereocenters.